The quantitative estimate of drug-likeness (QED) is 0.882. The van der Waals surface area contributed by atoms with E-state index in [0.29, 0.717) is 25.7 Å². The first-order chi connectivity index (χ1) is 11.3. The SMILES string of the molecule is O=C(NC1CCCC1)N1CC(n2cc(Cn3nccn3)nn2)C1. The van der Waals surface area contributed by atoms with E-state index in [1.807, 2.05) is 15.8 Å². The molecule has 2 amide bonds. The predicted molar refractivity (Wildman–Crippen MR) is 80.5 cm³/mol. The molecule has 0 aromatic carbocycles. The zero-order valence-electron chi connectivity index (χ0n) is 12.9. The van der Waals surface area contributed by atoms with Gasteiger partial charge in [0, 0.05) is 19.1 Å². The molecule has 2 aromatic heterocycles. The molecule has 4 rings (SSSR count). The zero-order valence-corrected chi connectivity index (χ0v) is 12.9. The molecule has 23 heavy (non-hydrogen) atoms. The molecule has 1 saturated carbocycles. The lowest BCUT2D eigenvalue weighted by Crippen LogP contribution is -2.55. The Morgan fingerprint density at radius 3 is 2.70 bits per heavy atom. The first-order valence-corrected chi connectivity index (χ1v) is 8.08. The summed E-state index contributed by atoms with van der Waals surface area (Å²) in [5, 5.41) is 19.5. The Kier molecular flexibility index (Phi) is 3.68. The molecule has 0 bridgehead atoms. The molecule has 9 heteroatoms. The van der Waals surface area contributed by atoms with Crippen molar-refractivity contribution >= 4 is 6.03 Å². The number of hydrogen-bond acceptors (Lipinski definition) is 5. The lowest BCUT2D eigenvalue weighted by molar-refractivity contribution is 0.115. The normalized spacial score (nSPS) is 19.0. The van der Waals surface area contributed by atoms with E-state index in [9.17, 15) is 4.79 Å². The average Bonchev–Trinajstić information content (AvgIpc) is 3.20. The van der Waals surface area contributed by atoms with Gasteiger partial charge in [-0.1, -0.05) is 18.1 Å². The van der Waals surface area contributed by atoms with Gasteiger partial charge in [0.05, 0.1) is 24.6 Å². The van der Waals surface area contributed by atoms with Crippen LogP contribution in [0.15, 0.2) is 18.6 Å². The summed E-state index contributed by atoms with van der Waals surface area (Å²) in [4.78, 5) is 15.5. The van der Waals surface area contributed by atoms with Crippen molar-refractivity contribution in [2.75, 3.05) is 13.1 Å². The Bertz CT molecular complexity index is 654. The van der Waals surface area contributed by atoms with E-state index in [-0.39, 0.29) is 12.1 Å². The monoisotopic (exact) mass is 316 g/mol. The average molecular weight is 316 g/mol. The van der Waals surface area contributed by atoms with E-state index < -0.39 is 0 Å². The molecule has 1 aliphatic heterocycles. The van der Waals surface area contributed by atoms with Crippen LogP contribution in [0.3, 0.4) is 0 Å². The number of likely N-dealkylation sites (tertiary alicyclic amines) is 1. The van der Waals surface area contributed by atoms with Crippen LogP contribution in [-0.2, 0) is 6.54 Å². The number of urea groups is 1. The molecule has 1 aliphatic carbocycles. The molecule has 3 heterocycles. The van der Waals surface area contributed by atoms with Gasteiger partial charge < -0.3 is 10.2 Å². The molecule has 1 saturated heterocycles. The number of carbonyl (C=O) groups is 1. The van der Waals surface area contributed by atoms with Gasteiger partial charge in [-0.2, -0.15) is 15.0 Å². The van der Waals surface area contributed by atoms with Crippen LogP contribution in [0.1, 0.15) is 37.4 Å². The van der Waals surface area contributed by atoms with Crippen molar-refractivity contribution in [3.05, 3.63) is 24.3 Å². The summed E-state index contributed by atoms with van der Waals surface area (Å²) in [6, 6.07) is 0.617. The first-order valence-electron chi connectivity index (χ1n) is 8.08. The molecule has 122 valence electrons. The van der Waals surface area contributed by atoms with Crippen molar-refractivity contribution in [1.29, 1.82) is 0 Å². The van der Waals surface area contributed by atoms with Gasteiger partial charge >= 0.3 is 6.03 Å². The van der Waals surface area contributed by atoms with Crippen LogP contribution in [0.25, 0.3) is 0 Å². The summed E-state index contributed by atoms with van der Waals surface area (Å²) in [6.07, 6.45) is 9.84. The number of nitrogens with one attached hydrogen (secondary N) is 1. The Balaban J connectivity index is 1.28. The van der Waals surface area contributed by atoms with Gasteiger partial charge in [0.25, 0.3) is 0 Å². The molecule has 0 radical (unpaired) electrons. The molecule has 0 atom stereocenters. The molecule has 0 spiro atoms. The molecule has 1 N–H and O–H groups in total. The largest absolute Gasteiger partial charge is 0.335 e. The van der Waals surface area contributed by atoms with Crippen molar-refractivity contribution in [1.82, 2.24) is 40.2 Å². The van der Waals surface area contributed by atoms with Crippen LogP contribution in [0, 0.1) is 0 Å². The van der Waals surface area contributed by atoms with E-state index >= 15 is 0 Å². The van der Waals surface area contributed by atoms with Gasteiger partial charge in [-0.3, -0.25) is 0 Å². The minimum Gasteiger partial charge on any atom is -0.335 e. The molecular formula is C14H20N8O. The number of carbonyl (C=O) groups excluding carboxylic acids is 1. The van der Waals surface area contributed by atoms with Gasteiger partial charge in [0.1, 0.15) is 12.2 Å². The van der Waals surface area contributed by atoms with Gasteiger partial charge in [0.15, 0.2) is 0 Å². The summed E-state index contributed by atoms with van der Waals surface area (Å²) in [6.45, 7) is 1.87. The first kappa shape index (κ1) is 14.2. The fourth-order valence-corrected chi connectivity index (χ4v) is 3.16. The maximum absolute atomic E-state index is 12.1. The smallest absolute Gasteiger partial charge is 0.317 e. The number of rotatable bonds is 4. The van der Waals surface area contributed by atoms with Crippen molar-refractivity contribution in [3.63, 3.8) is 0 Å². The van der Waals surface area contributed by atoms with E-state index in [0.717, 1.165) is 18.5 Å². The highest BCUT2D eigenvalue weighted by atomic mass is 16.2. The van der Waals surface area contributed by atoms with Crippen LogP contribution in [0.5, 0.6) is 0 Å². The van der Waals surface area contributed by atoms with Crippen LogP contribution in [0.4, 0.5) is 4.79 Å². The van der Waals surface area contributed by atoms with E-state index in [4.69, 9.17) is 0 Å². The van der Waals surface area contributed by atoms with Crippen LogP contribution >= 0.6 is 0 Å². The molecular weight excluding hydrogens is 296 g/mol. The van der Waals surface area contributed by atoms with E-state index in [1.54, 1.807) is 17.2 Å². The summed E-state index contributed by atoms with van der Waals surface area (Å²) in [5.41, 5.74) is 0.815. The minimum absolute atomic E-state index is 0.0502. The lowest BCUT2D eigenvalue weighted by atomic mass is 10.1. The van der Waals surface area contributed by atoms with E-state index in [1.165, 1.54) is 12.8 Å². The summed E-state index contributed by atoms with van der Waals surface area (Å²) < 4.78 is 1.83. The van der Waals surface area contributed by atoms with Crippen LogP contribution in [0.2, 0.25) is 0 Å². The maximum Gasteiger partial charge on any atom is 0.317 e. The second-order valence-corrected chi connectivity index (χ2v) is 6.24. The zero-order chi connectivity index (χ0) is 15.6. The van der Waals surface area contributed by atoms with E-state index in [2.05, 4.69) is 25.8 Å². The second-order valence-electron chi connectivity index (χ2n) is 6.24. The number of hydrogen-bond donors (Lipinski definition) is 1. The summed E-state index contributed by atoms with van der Waals surface area (Å²) in [7, 11) is 0. The number of nitrogens with zero attached hydrogens (tertiary/aromatic N) is 7. The predicted octanol–water partition coefficient (Wildman–Crippen LogP) is 0.427. The Morgan fingerprint density at radius 1 is 1.22 bits per heavy atom. The Labute approximate surface area is 133 Å². The highest BCUT2D eigenvalue weighted by Crippen LogP contribution is 2.22. The Morgan fingerprint density at radius 2 is 1.96 bits per heavy atom. The van der Waals surface area contributed by atoms with Crippen molar-refractivity contribution in [2.45, 2.75) is 44.3 Å². The van der Waals surface area contributed by atoms with Crippen molar-refractivity contribution in [3.8, 4) is 0 Å². The highest BCUT2D eigenvalue weighted by molar-refractivity contribution is 5.75. The summed E-state index contributed by atoms with van der Waals surface area (Å²) >= 11 is 0. The molecule has 0 unspecified atom stereocenters. The summed E-state index contributed by atoms with van der Waals surface area (Å²) in [5.74, 6) is 0. The topological polar surface area (TPSA) is 93.8 Å². The fourth-order valence-electron chi connectivity index (χ4n) is 3.16. The van der Waals surface area contributed by atoms with Gasteiger partial charge in [-0.25, -0.2) is 9.48 Å². The standard InChI is InChI=1S/C14H20N8O/c23-14(17-11-3-1-2-4-11)20-9-13(10-20)21-7-12(18-19-21)8-22-15-5-6-16-22/h5-7,11,13H,1-4,8-10H2,(H,17,23). The number of aromatic nitrogens is 6. The number of amides is 2. The molecule has 2 aromatic rings. The van der Waals surface area contributed by atoms with Gasteiger partial charge in [-0.05, 0) is 12.8 Å². The molecule has 2 fully saturated rings. The van der Waals surface area contributed by atoms with Crippen molar-refractivity contribution in [2.24, 2.45) is 0 Å². The van der Waals surface area contributed by atoms with Crippen LogP contribution in [-0.4, -0.2) is 60.1 Å². The van der Waals surface area contributed by atoms with Crippen LogP contribution < -0.4 is 5.32 Å². The minimum atomic E-state index is 0.0502. The van der Waals surface area contributed by atoms with Gasteiger partial charge in [0.2, 0.25) is 0 Å². The van der Waals surface area contributed by atoms with Gasteiger partial charge in [-0.15, -0.1) is 5.10 Å². The second kappa shape index (κ2) is 5.98. The Hall–Kier alpha value is -2.45. The lowest BCUT2D eigenvalue weighted by Gasteiger charge is -2.39. The third-order valence-electron chi connectivity index (χ3n) is 4.53. The maximum atomic E-state index is 12.1. The third kappa shape index (κ3) is 3.03. The third-order valence-corrected chi connectivity index (χ3v) is 4.53. The molecule has 9 nitrogen and oxygen atoms in total. The van der Waals surface area contributed by atoms with Crippen molar-refractivity contribution < 1.29 is 4.79 Å². The highest BCUT2D eigenvalue weighted by Gasteiger charge is 2.33. The molecule has 2 aliphatic rings. The fraction of sp³-hybridized carbons (Fsp3) is 0.643.